The number of rotatable bonds is 2. The first-order valence-corrected chi connectivity index (χ1v) is 12.0. The summed E-state index contributed by atoms with van der Waals surface area (Å²) in [5, 5.41) is 2.98. The van der Waals surface area contributed by atoms with E-state index in [9.17, 15) is 9.59 Å². The van der Waals surface area contributed by atoms with Gasteiger partial charge in [-0.25, -0.2) is 9.64 Å². The molecule has 184 valence electrons. The second-order valence-electron chi connectivity index (χ2n) is 10.1. The zero-order chi connectivity index (χ0) is 25.4. The fourth-order valence-corrected chi connectivity index (χ4v) is 4.50. The molecule has 0 saturated carbocycles. The average molecular weight is 485 g/mol. The number of hydrogen-bond acceptors (Lipinski definition) is 5. The predicted molar refractivity (Wildman–Crippen MR) is 138 cm³/mol. The van der Waals surface area contributed by atoms with Gasteiger partial charge in [-0.1, -0.05) is 24.3 Å². The van der Waals surface area contributed by atoms with Gasteiger partial charge in [-0.05, 0) is 50.6 Å². The van der Waals surface area contributed by atoms with Crippen LogP contribution in [0.25, 0.3) is 16.2 Å². The number of fused-ring (bicyclic) bond motifs is 2. The summed E-state index contributed by atoms with van der Waals surface area (Å²) in [5.41, 5.74) is 4.51. The number of amides is 2. The average Bonchev–Trinajstić information content (AvgIpc) is 3.23. The van der Waals surface area contributed by atoms with Crippen LogP contribution in [0, 0.1) is 6.57 Å². The molecule has 0 radical (unpaired) electrons. The van der Waals surface area contributed by atoms with Gasteiger partial charge in [0.2, 0.25) is 0 Å². The minimum atomic E-state index is -0.511. The van der Waals surface area contributed by atoms with Crippen molar-refractivity contribution in [3.05, 3.63) is 76.8 Å². The van der Waals surface area contributed by atoms with Gasteiger partial charge in [0.15, 0.2) is 11.4 Å². The Morgan fingerprint density at radius 1 is 1.03 bits per heavy atom. The van der Waals surface area contributed by atoms with Gasteiger partial charge in [0.1, 0.15) is 11.4 Å². The summed E-state index contributed by atoms with van der Waals surface area (Å²) in [4.78, 5) is 32.7. The van der Waals surface area contributed by atoms with Crippen molar-refractivity contribution in [3.8, 4) is 11.3 Å². The van der Waals surface area contributed by atoms with Gasteiger partial charge >= 0.3 is 6.09 Å². The maximum Gasteiger partial charge on any atom is 0.410 e. The van der Waals surface area contributed by atoms with E-state index in [0.717, 1.165) is 28.1 Å². The predicted octanol–water partition coefficient (Wildman–Crippen LogP) is 5.71. The second kappa shape index (κ2) is 9.08. The van der Waals surface area contributed by atoms with Crippen molar-refractivity contribution in [2.75, 3.05) is 36.4 Å². The Bertz CT molecular complexity index is 1350. The summed E-state index contributed by atoms with van der Waals surface area (Å²) >= 11 is 0. The van der Waals surface area contributed by atoms with Gasteiger partial charge < -0.3 is 24.3 Å². The van der Waals surface area contributed by atoms with Crippen LogP contribution in [0.15, 0.2) is 52.9 Å². The third-order valence-corrected chi connectivity index (χ3v) is 6.31. The maximum atomic E-state index is 12.9. The van der Waals surface area contributed by atoms with Crippen LogP contribution in [0.2, 0.25) is 0 Å². The Morgan fingerprint density at radius 3 is 2.42 bits per heavy atom. The molecule has 0 aliphatic carbocycles. The zero-order valence-electron chi connectivity index (χ0n) is 20.6. The number of piperazine rings is 1. The zero-order valence-corrected chi connectivity index (χ0v) is 20.6. The van der Waals surface area contributed by atoms with E-state index in [1.807, 2.05) is 51.1 Å². The van der Waals surface area contributed by atoms with Crippen molar-refractivity contribution in [3.63, 3.8) is 0 Å². The molecule has 2 aliphatic heterocycles. The fraction of sp³-hybridized carbons (Fsp3) is 0.321. The first kappa shape index (κ1) is 23.5. The van der Waals surface area contributed by atoms with E-state index >= 15 is 0 Å². The molecule has 0 spiro atoms. The Kier molecular flexibility index (Phi) is 5.92. The molecule has 2 aliphatic rings. The number of nitrogens with zero attached hydrogens (tertiary/aromatic N) is 3. The molecule has 2 aromatic carbocycles. The first-order valence-electron chi connectivity index (χ1n) is 12.0. The summed E-state index contributed by atoms with van der Waals surface area (Å²) in [7, 11) is 0. The quantitative estimate of drug-likeness (QED) is 0.471. The van der Waals surface area contributed by atoms with Crippen molar-refractivity contribution >= 4 is 29.1 Å². The molecule has 2 amide bonds. The van der Waals surface area contributed by atoms with E-state index in [0.29, 0.717) is 49.8 Å². The number of carbonyl (C=O) groups excluding carboxylic acids is 2. The lowest BCUT2D eigenvalue weighted by Crippen LogP contribution is -2.50. The largest absolute Gasteiger partial charge is 0.451 e. The Hall–Kier alpha value is -4.25. The van der Waals surface area contributed by atoms with Crippen molar-refractivity contribution in [1.29, 1.82) is 0 Å². The van der Waals surface area contributed by atoms with Gasteiger partial charge in [-0.3, -0.25) is 4.79 Å². The highest BCUT2D eigenvalue weighted by molar-refractivity contribution is 6.05. The fourth-order valence-electron chi connectivity index (χ4n) is 4.50. The minimum absolute atomic E-state index is 0.272. The highest BCUT2D eigenvalue weighted by Gasteiger charge is 2.28. The molecular weight excluding hydrogens is 456 g/mol. The molecule has 36 heavy (non-hydrogen) atoms. The summed E-state index contributed by atoms with van der Waals surface area (Å²) in [6.07, 6.45) is 0.275. The number of carbonyl (C=O) groups is 2. The second-order valence-corrected chi connectivity index (χ2v) is 10.1. The Morgan fingerprint density at radius 2 is 1.75 bits per heavy atom. The highest BCUT2D eigenvalue weighted by Crippen LogP contribution is 2.34. The van der Waals surface area contributed by atoms with Gasteiger partial charge in [0, 0.05) is 55.1 Å². The van der Waals surface area contributed by atoms with Gasteiger partial charge in [0.05, 0.1) is 6.57 Å². The molecule has 3 heterocycles. The third kappa shape index (κ3) is 4.78. The third-order valence-electron chi connectivity index (χ3n) is 6.31. The molecular formula is C28H28N4O4. The van der Waals surface area contributed by atoms with E-state index in [1.54, 1.807) is 17.0 Å². The Labute approximate surface area is 210 Å². The van der Waals surface area contributed by atoms with Gasteiger partial charge in [-0.15, -0.1) is 0 Å². The lowest BCUT2D eigenvalue weighted by atomic mass is 10.0. The topological polar surface area (TPSA) is 79.4 Å². The SMILES string of the molecule is [C-]#[N+]c1ccc(-c2cc3c(o2)C(=O)Nc2ccc(N4CCN(C(=O)OC(C)(C)C)CC4)cc2C3)cc1. The highest BCUT2D eigenvalue weighted by atomic mass is 16.6. The van der Waals surface area contributed by atoms with Gasteiger partial charge in [-0.2, -0.15) is 0 Å². The molecule has 0 atom stereocenters. The number of furan rings is 1. The molecule has 8 nitrogen and oxygen atoms in total. The van der Waals surface area contributed by atoms with Crippen LogP contribution in [0.5, 0.6) is 0 Å². The van der Waals surface area contributed by atoms with Crippen molar-refractivity contribution in [2.24, 2.45) is 0 Å². The summed E-state index contributed by atoms with van der Waals surface area (Å²) in [5.74, 6) is 0.638. The molecule has 0 unspecified atom stereocenters. The van der Waals surface area contributed by atoms with Crippen LogP contribution in [-0.2, 0) is 11.2 Å². The molecule has 1 fully saturated rings. The van der Waals surface area contributed by atoms with Crippen molar-refractivity contribution in [1.82, 2.24) is 4.90 Å². The molecule has 8 heteroatoms. The normalized spacial score (nSPS) is 15.3. The lowest BCUT2D eigenvalue weighted by molar-refractivity contribution is 0.0240. The van der Waals surface area contributed by atoms with Crippen LogP contribution < -0.4 is 10.2 Å². The first-order chi connectivity index (χ1) is 17.2. The van der Waals surface area contributed by atoms with E-state index < -0.39 is 5.60 Å². The molecule has 1 saturated heterocycles. The number of benzene rings is 2. The van der Waals surface area contributed by atoms with Crippen LogP contribution >= 0.6 is 0 Å². The summed E-state index contributed by atoms with van der Waals surface area (Å²) in [6.45, 7) is 15.3. The minimum Gasteiger partial charge on any atom is -0.451 e. The van der Waals surface area contributed by atoms with Crippen molar-refractivity contribution < 1.29 is 18.7 Å². The monoisotopic (exact) mass is 484 g/mol. The molecule has 1 aromatic heterocycles. The summed E-state index contributed by atoms with van der Waals surface area (Å²) < 4.78 is 11.5. The van der Waals surface area contributed by atoms with Crippen LogP contribution in [0.1, 0.15) is 42.5 Å². The smallest absolute Gasteiger partial charge is 0.410 e. The lowest BCUT2D eigenvalue weighted by Gasteiger charge is -2.37. The number of nitrogens with one attached hydrogen (secondary N) is 1. The van der Waals surface area contributed by atoms with Crippen LogP contribution in [-0.4, -0.2) is 48.7 Å². The van der Waals surface area contributed by atoms with E-state index in [4.69, 9.17) is 15.7 Å². The van der Waals surface area contributed by atoms with Crippen LogP contribution in [0.4, 0.5) is 21.9 Å². The van der Waals surface area contributed by atoms with E-state index in [1.165, 1.54) is 0 Å². The van der Waals surface area contributed by atoms with Gasteiger partial charge in [0.25, 0.3) is 5.91 Å². The molecule has 3 aromatic rings. The van der Waals surface area contributed by atoms with Crippen molar-refractivity contribution in [2.45, 2.75) is 32.8 Å². The molecule has 5 rings (SSSR count). The summed E-state index contributed by atoms with van der Waals surface area (Å²) in [6, 6.07) is 15.1. The number of anilines is 2. The maximum absolute atomic E-state index is 12.9. The van der Waals surface area contributed by atoms with Crippen LogP contribution in [0.3, 0.4) is 0 Å². The van der Waals surface area contributed by atoms with E-state index in [-0.39, 0.29) is 12.0 Å². The number of ether oxygens (including phenoxy) is 1. The number of hydrogen-bond donors (Lipinski definition) is 1. The molecule has 1 N–H and O–H groups in total. The standard InChI is InChI=1S/C28H28N4O4/c1-28(2,3)36-27(34)32-13-11-31(12-14-32)22-9-10-23-19(16-22)15-20-17-24(35-25(20)26(33)30-23)18-5-7-21(29-4)8-6-18/h5-10,16-17H,11-15H2,1-3H3,(H,30,33). The molecule has 0 bridgehead atoms. The Balaban J connectivity index is 1.33. The van der Waals surface area contributed by atoms with E-state index in [2.05, 4.69) is 21.1 Å².